The average molecular weight is 602 g/mol. The summed E-state index contributed by atoms with van der Waals surface area (Å²) in [6.45, 7) is 2.36. The minimum absolute atomic E-state index is 0.0166. The van der Waals surface area contributed by atoms with Crippen molar-refractivity contribution < 1.29 is 37.0 Å². The monoisotopic (exact) mass is 601 g/mol. The first-order valence-electron chi connectivity index (χ1n) is 15.1. The van der Waals surface area contributed by atoms with Gasteiger partial charge in [-0.3, -0.25) is 14.6 Å². The summed E-state index contributed by atoms with van der Waals surface area (Å²) in [5.74, 6) is 0.937. The van der Waals surface area contributed by atoms with E-state index in [4.69, 9.17) is 14.2 Å². The zero-order chi connectivity index (χ0) is 30.2. The van der Waals surface area contributed by atoms with Gasteiger partial charge in [-0.25, -0.2) is 0 Å². The lowest BCUT2D eigenvalue weighted by molar-refractivity contribution is -0.144. The number of carbonyl (C=O) groups is 2. The standard InChI is InChI=1S/C32H38F3N3O5/c1-41-28-18-42-10-8-22(28)11-21-12-25-17-38(29(39)19-43-26-5-3-2-4-6-26)20-31(25,14-21)30(40)37-9-7-27-23(16-37)13-24(15-36-27)32(33,34)35/h2-6,13,15,21-22,25,28H,7-12,14,16-20H2,1H3/t21-,22?,25+,28?,31+/m1/s1. The third-order valence-corrected chi connectivity index (χ3v) is 9.88. The second kappa shape index (κ2) is 12.1. The smallest absolute Gasteiger partial charge is 0.417 e. The highest BCUT2D eigenvalue weighted by Crippen LogP contribution is 2.54. The normalized spacial score (nSPS) is 28.8. The van der Waals surface area contributed by atoms with Gasteiger partial charge in [0.2, 0.25) is 5.91 Å². The Hall–Kier alpha value is -3.18. The van der Waals surface area contributed by atoms with Gasteiger partial charge in [-0.15, -0.1) is 0 Å². The number of fused-ring (bicyclic) bond motifs is 2. The summed E-state index contributed by atoms with van der Waals surface area (Å²) >= 11 is 0. The number of halogens is 3. The van der Waals surface area contributed by atoms with E-state index < -0.39 is 17.2 Å². The van der Waals surface area contributed by atoms with E-state index in [0.29, 0.717) is 62.1 Å². The van der Waals surface area contributed by atoms with Crippen molar-refractivity contribution in [2.45, 2.75) is 50.9 Å². The van der Waals surface area contributed by atoms with E-state index in [0.717, 1.165) is 31.5 Å². The van der Waals surface area contributed by atoms with Crippen molar-refractivity contribution in [1.29, 1.82) is 0 Å². The van der Waals surface area contributed by atoms with E-state index in [1.165, 1.54) is 0 Å². The maximum atomic E-state index is 14.5. The highest BCUT2D eigenvalue weighted by Gasteiger charge is 2.59. The molecule has 1 aliphatic carbocycles. The molecule has 1 saturated carbocycles. The number of nitrogens with zero attached hydrogens (tertiary/aromatic N) is 3. The van der Waals surface area contributed by atoms with Crippen molar-refractivity contribution >= 4 is 11.8 Å². The summed E-state index contributed by atoms with van der Waals surface area (Å²) in [6, 6.07) is 10.2. The number of alkyl halides is 3. The molecular formula is C32H38F3N3O5. The van der Waals surface area contributed by atoms with Gasteiger partial charge in [-0.05, 0) is 67.2 Å². The molecule has 0 bridgehead atoms. The Morgan fingerprint density at radius 3 is 2.77 bits per heavy atom. The van der Waals surface area contributed by atoms with Crippen molar-refractivity contribution in [2.24, 2.45) is 23.2 Å². The molecule has 4 heterocycles. The molecule has 11 heteroatoms. The fraction of sp³-hybridized carbons (Fsp3) is 0.594. The van der Waals surface area contributed by atoms with Gasteiger partial charge >= 0.3 is 6.18 Å². The van der Waals surface area contributed by atoms with Gasteiger partial charge in [-0.1, -0.05) is 18.2 Å². The molecule has 3 aliphatic heterocycles. The third-order valence-electron chi connectivity index (χ3n) is 9.88. The Kier molecular flexibility index (Phi) is 8.39. The van der Waals surface area contributed by atoms with E-state index in [-0.39, 0.29) is 49.5 Å². The second-order valence-corrected chi connectivity index (χ2v) is 12.5. The number of hydrogen-bond acceptors (Lipinski definition) is 6. The number of para-hydroxylation sites is 1. The van der Waals surface area contributed by atoms with Crippen molar-refractivity contribution in [1.82, 2.24) is 14.8 Å². The molecule has 0 spiro atoms. The topological polar surface area (TPSA) is 81.2 Å². The molecule has 2 saturated heterocycles. The molecule has 2 amide bonds. The Balaban J connectivity index is 1.21. The van der Waals surface area contributed by atoms with Crippen molar-refractivity contribution in [3.05, 3.63) is 59.4 Å². The predicted octanol–water partition coefficient (Wildman–Crippen LogP) is 4.36. The number of hydrogen-bond donors (Lipinski definition) is 0. The van der Waals surface area contributed by atoms with Crippen molar-refractivity contribution in [2.75, 3.05) is 46.6 Å². The number of amides is 2. The SMILES string of the molecule is COC1COCCC1C[C@@H]1C[C@H]2CN(C(=O)COc3ccccc3)C[C@@]2(C(=O)N2CCc3ncc(C(F)(F)F)cc3C2)C1. The molecular weight excluding hydrogens is 563 g/mol. The molecule has 1 aromatic heterocycles. The first kappa shape index (κ1) is 29.9. The first-order chi connectivity index (χ1) is 20.7. The fourth-order valence-corrected chi connectivity index (χ4v) is 7.74. The van der Waals surface area contributed by atoms with Crippen LogP contribution in [0.3, 0.4) is 0 Å². The van der Waals surface area contributed by atoms with E-state index in [1.54, 1.807) is 29.0 Å². The molecule has 5 atom stereocenters. The van der Waals surface area contributed by atoms with Gasteiger partial charge in [0.15, 0.2) is 6.61 Å². The van der Waals surface area contributed by atoms with Crippen molar-refractivity contribution in [3.63, 3.8) is 0 Å². The third kappa shape index (κ3) is 6.11. The summed E-state index contributed by atoms with van der Waals surface area (Å²) in [5, 5.41) is 0. The largest absolute Gasteiger partial charge is 0.484 e. The molecule has 6 rings (SSSR count). The predicted molar refractivity (Wildman–Crippen MR) is 150 cm³/mol. The van der Waals surface area contributed by atoms with E-state index in [2.05, 4.69) is 4.98 Å². The van der Waals surface area contributed by atoms with Crippen LogP contribution in [0.15, 0.2) is 42.6 Å². The van der Waals surface area contributed by atoms with Gasteiger partial charge < -0.3 is 24.0 Å². The zero-order valence-electron chi connectivity index (χ0n) is 24.4. The Bertz CT molecular complexity index is 1330. The van der Waals surface area contributed by atoms with Crippen LogP contribution < -0.4 is 4.74 Å². The van der Waals surface area contributed by atoms with E-state index >= 15 is 0 Å². The number of carbonyl (C=O) groups excluding carboxylic acids is 2. The first-order valence-corrected chi connectivity index (χ1v) is 15.1. The molecule has 2 unspecified atom stereocenters. The van der Waals surface area contributed by atoms with Crippen LogP contribution in [0.2, 0.25) is 0 Å². The van der Waals surface area contributed by atoms with Crippen LogP contribution in [0.1, 0.15) is 42.5 Å². The molecule has 1 aromatic carbocycles. The fourth-order valence-electron chi connectivity index (χ4n) is 7.74. The minimum atomic E-state index is -4.50. The highest BCUT2D eigenvalue weighted by atomic mass is 19.4. The maximum absolute atomic E-state index is 14.5. The molecule has 0 radical (unpaired) electrons. The summed E-state index contributed by atoms with van der Waals surface area (Å²) in [7, 11) is 1.70. The van der Waals surface area contributed by atoms with Gasteiger partial charge in [0.1, 0.15) is 5.75 Å². The Labute approximate surface area is 249 Å². The van der Waals surface area contributed by atoms with Crippen LogP contribution in [0.25, 0.3) is 0 Å². The van der Waals surface area contributed by atoms with Crippen LogP contribution in [0.5, 0.6) is 5.75 Å². The lowest BCUT2D eigenvalue weighted by Gasteiger charge is -2.37. The quantitative estimate of drug-likeness (QED) is 0.469. The van der Waals surface area contributed by atoms with Crippen molar-refractivity contribution in [3.8, 4) is 5.75 Å². The number of pyridine rings is 1. The average Bonchev–Trinajstić information content (AvgIpc) is 3.54. The Morgan fingerprint density at radius 1 is 1.19 bits per heavy atom. The van der Waals surface area contributed by atoms with Crippen LogP contribution in [-0.2, 0) is 38.2 Å². The van der Waals surface area contributed by atoms with Gasteiger partial charge in [0, 0.05) is 58.2 Å². The highest BCUT2D eigenvalue weighted by molar-refractivity contribution is 5.87. The zero-order valence-corrected chi connectivity index (χ0v) is 24.4. The van der Waals surface area contributed by atoms with E-state index in [9.17, 15) is 22.8 Å². The number of methoxy groups -OCH3 is 1. The molecule has 43 heavy (non-hydrogen) atoms. The summed E-state index contributed by atoms with van der Waals surface area (Å²) in [4.78, 5) is 35.3. The minimum Gasteiger partial charge on any atom is -0.484 e. The lowest BCUT2D eigenvalue weighted by atomic mass is 9.78. The summed E-state index contributed by atoms with van der Waals surface area (Å²) in [6.07, 6.45) is 0.0468. The number of rotatable bonds is 7. The Morgan fingerprint density at radius 2 is 2.00 bits per heavy atom. The van der Waals surface area contributed by atoms with Crippen LogP contribution in [0, 0.1) is 23.2 Å². The van der Waals surface area contributed by atoms with Crippen LogP contribution in [0.4, 0.5) is 13.2 Å². The maximum Gasteiger partial charge on any atom is 0.417 e. The number of ether oxygens (including phenoxy) is 3. The molecule has 2 aromatic rings. The van der Waals surface area contributed by atoms with Gasteiger partial charge in [0.25, 0.3) is 5.91 Å². The van der Waals surface area contributed by atoms with Gasteiger partial charge in [0.05, 0.1) is 23.7 Å². The number of likely N-dealkylation sites (tertiary alicyclic amines) is 1. The second-order valence-electron chi connectivity index (χ2n) is 12.5. The van der Waals surface area contributed by atoms with E-state index in [1.807, 2.05) is 18.2 Å². The lowest BCUT2D eigenvalue weighted by Crippen LogP contribution is -2.49. The molecule has 8 nitrogen and oxygen atoms in total. The summed E-state index contributed by atoms with van der Waals surface area (Å²) < 4.78 is 57.3. The molecule has 0 N–H and O–H groups in total. The number of aromatic nitrogens is 1. The van der Waals surface area contributed by atoms with Crippen LogP contribution in [-0.4, -0.2) is 79.3 Å². The number of benzene rings is 1. The van der Waals surface area contributed by atoms with Gasteiger partial charge in [-0.2, -0.15) is 13.2 Å². The molecule has 3 fully saturated rings. The molecule has 4 aliphatic rings. The summed E-state index contributed by atoms with van der Waals surface area (Å²) in [5.41, 5.74) is -0.559. The molecule has 232 valence electrons. The van der Waals surface area contributed by atoms with Crippen LogP contribution >= 0.6 is 0 Å².